The summed E-state index contributed by atoms with van der Waals surface area (Å²) in [6.07, 6.45) is -0.0721. The molecule has 1 aliphatic rings. The van der Waals surface area contributed by atoms with Gasteiger partial charge in [-0.25, -0.2) is 9.78 Å². The lowest BCUT2D eigenvalue weighted by Crippen LogP contribution is -2.42. The van der Waals surface area contributed by atoms with Crippen molar-refractivity contribution in [3.8, 4) is 5.75 Å². The first-order valence-corrected chi connectivity index (χ1v) is 15.0. The van der Waals surface area contributed by atoms with E-state index in [1.165, 1.54) is 13.3 Å². The molecule has 0 radical (unpaired) electrons. The number of hydrogen-bond acceptors (Lipinski definition) is 13. The van der Waals surface area contributed by atoms with E-state index in [1.54, 1.807) is 24.5 Å². The van der Waals surface area contributed by atoms with Gasteiger partial charge in [0, 0.05) is 24.3 Å². The van der Waals surface area contributed by atoms with Crippen LogP contribution in [0, 0.1) is 20.8 Å². The van der Waals surface area contributed by atoms with Gasteiger partial charge in [0.1, 0.15) is 29.9 Å². The molecule has 2 N–H and O–H groups in total. The van der Waals surface area contributed by atoms with Gasteiger partial charge in [-0.1, -0.05) is 19.9 Å². The quantitative estimate of drug-likeness (QED) is 0.139. The van der Waals surface area contributed by atoms with Gasteiger partial charge in [-0.05, 0) is 56.5 Å². The summed E-state index contributed by atoms with van der Waals surface area (Å²) in [7, 11) is 0. The lowest BCUT2D eigenvalue weighted by Gasteiger charge is -2.30. The van der Waals surface area contributed by atoms with E-state index in [2.05, 4.69) is 20.3 Å². The highest BCUT2D eigenvalue weighted by molar-refractivity contribution is 6.28. The summed E-state index contributed by atoms with van der Waals surface area (Å²) in [6, 6.07) is 3.74. The summed E-state index contributed by atoms with van der Waals surface area (Å²) >= 11 is 6.23. The largest absolute Gasteiger partial charge is 0.519 e. The predicted molar refractivity (Wildman–Crippen MR) is 165 cm³/mol. The van der Waals surface area contributed by atoms with Crippen LogP contribution in [-0.4, -0.2) is 54.9 Å². The second-order valence-electron chi connectivity index (χ2n) is 12.4. The zero-order valence-electron chi connectivity index (χ0n) is 26.6. The molecule has 1 aromatic carbocycles. The van der Waals surface area contributed by atoms with E-state index < -0.39 is 41.1 Å². The topological polar surface area (TPSA) is 181 Å². The van der Waals surface area contributed by atoms with Gasteiger partial charge in [0.05, 0.1) is 25.4 Å². The fourth-order valence-corrected chi connectivity index (χ4v) is 6.02. The number of aryl methyl sites for hydroxylation is 3. The van der Waals surface area contributed by atoms with Crippen molar-refractivity contribution < 1.29 is 37.7 Å². The number of hydrogen-bond donors (Lipinski definition) is 2. The Bertz CT molecular complexity index is 1860. The van der Waals surface area contributed by atoms with Crippen LogP contribution in [0.2, 0.25) is 5.28 Å². The summed E-state index contributed by atoms with van der Waals surface area (Å²) in [5.41, 5.74) is 1.28. The molecule has 0 spiro atoms. The number of carbonyl (C=O) groups is 2. The van der Waals surface area contributed by atoms with Crippen molar-refractivity contribution in [3.05, 3.63) is 62.6 Å². The van der Waals surface area contributed by atoms with E-state index in [-0.39, 0.29) is 37.1 Å². The van der Waals surface area contributed by atoms with Gasteiger partial charge < -0.3 is 33.5 Å². The number of ether oxygens (including phenoxy) is 3. The fraction of sp³-hybridized carbons (Fsp3) is 0.484. The van der Waals surface area contributed by atoms with Crippen molar-refractivity contribution in [2.75, 3.05) is 11.9 Å². The molecular weight excluding hydrogens is 622 g/mol. The Morgan fingerprint density at radius 2 is 1.96 bits per heavy atom. The summed E-state index contributed by atoms with van der Waals surface area (Å²) < 4.78 is 28.9. The number of aromatic nitrogens is 4. The molecule has 0 aliphatic carbocycles. The molecule has 1 aliphatic heterocycles. The minimum Gasteiger partial charge on any atom is -0.462 e. The van der Waals surface area contributed by atoms with Crippen LogP contribution >= 0.6 is 11.6 Å². The molecule has 15 heteroatoms. The Labute approximate surface area is 269 Å². The first kappa shape index (κ1) is 33.1. The number of benzene rings is 1. The smallest absolute Gasteiger partial charge is 0.462 e. The van der Waals surface area contributed by atoms with E-state index in [0.717, 1.165) is 16.7 Å². The molecule has 3 aromatic heterocycles. The van der Waals surface area contributed by atoms with Crippen LogP contribution in [-0.2, 0) is 31.0 Å². The third-order valence-electron chi connectivity index (χ3n) is 7.97. The summed E-state index contributed by atoms with van der Waals surface area (Å²) in [5.74, 6) is -0.457. The second-order valence-corrected chi connectivity index (χ2v) is 12.7. The van der Waals surface area contributed by atoms with Gasteiger partial charge >= 0.3 is 17.8 Å². The van der Waals surface area contributed by atoms with Crippen LogP contribution in [0.25, 0.3) is 11.2 Å². The number of anilines is 1. The summed E-state index contributed by atoms with van der Waals surface area (Å²) in [6.45, 7) is 12.0. The number of rotatable bonds is 10. The number of aliphatic hydroxyl groups excluding tert-OH is 1. The molecule has 4 heterocycles. The Balaban J connectivity index is 1.28. The van der Waals surface area contributed by atoms with Crippen LogP contribution in [0.15, 0.2) is 32.1 Å². The number of imidazole rings is 1. The first-order valence-electron chi connectivity index (χ1n) is 14.6. The molecule has 14 nitrogen and oxygen atoms in total. The van der Waals surface area contributed by atoms with Crippen molar-refractivity contribution in [1.82, 2.24) is 19.5 Å². The van der Waals surface area contributed by atoms with Crippen molar-refractivity contribution >= 4 is 40.5 Å². The summed E-state index contributed by atoms with van der Waals surface area (Å²) in [4.78, 5) is 49.3. The number of esters is 2. The molecule has 246 valence electrons. The number of carbonyl (C=O) groups excluding carboxylic acids is 2. The standard InChI is InChI=1S/C31H36ClN5O9/c1-15-8-16(2)24(19(9-15)44-18(4)38)30(5,6)11-23(40)42-13-31(7)21(39)10-22(46-31)37-14-34-25-26(35-28(32)36-27(25)37)33-12-20-17(3)43-29(41)45-20/h8-9,14,21-22,39H,10-13H2,1-7H3,(H,33,35,36)/t21-,22+,31+/m0/s1. The molecule has 1 fully saturated rings. The molecule has 0 amide bonds. The number of nitrogens with one attached hydrogen (secondary N) is 1. The molecule has 0 unspecified atom stereocenters. The van der Waals surface area contributed by atoms with Crippen molar-refractivity contribution in [1.29, 1.82) is 0 Å². The van der Waals surface area contributed by atoms with E-state index >= 15 is 0 Å². The second kappa shape index (κ2) is 12.5. The average molecular weight is 658 g/mol. The highest BCUT2D eigenvalue weighted by Crippen LogP contribution is 2.40. The van der Waals surface area contributed by atoms with Crippen molar-refractivity contribution in [3.63, 3.8) is 0 Å². The Morgan fingerprint density at radius 1 is 1.22 bits per heavy atom. The maximum atomic E-state index is 13.1. The lowest BCUT2D eigenvalue weighted by atomic mass is 9.78. The van der Waals surface area contributed by atoms with Crippen LogP contribution in [0.3, 0.4) is 0 Å². The highest BCUT2D eigenvalue weighted by Gasteiger charge is 2.47. The fourth-order valence-electron chi connectivity index (χ4n) is 5.86. The van der Waals surface area contributed by atoms with E-state index in [1.807, 2.05) is 33.8 Å². The maximum absolute atomic E-state index is 13.1. The van der Waals surface area contributed by atoms with E-state index in [9.17, 15) is 19.5 Å². The maximum Gasteiger partial charge on any atom is 0.519 e. The van der Waals surface area contributed by atoms with Crippen LogP contribution in [0.5, 0.6) is 5.75 Å². The molecule has 0 bridgehead atoms. The third kappa shape index (κ3) is 6.78. The SMILES string of the molecule is CC(=O)Oc1cc(C)cc(C)c1C(C)(C)CC(=O)OC[C@@]1(C)O[C@@H](n2cnc3c(NCc4oc(=O)oc4C)nc(Cl)nc32)C[C@@H]1O. The minimum absolute atomic E-state index is 0.0140. The number of aliphatic hydroxyl groups is 1. The Morgan fingerprint density at radius 3 is 2.63 bits per heavy atom. The average Bonchev–Trinajstić information content (AvgIpc) is 3.59. The Kier molecular flexibility index (Phi) is 8.99. The molecule has 46 heavy (non-hydrogen) atoms. The van der Waals surface area contributed by atoms with Gasteiger partial charge in [0.2, 0.25) is 5.28 Å². The third-order valence-corrected chi connectivity index (χ3v) is 8.14. The lowest BCUT2D eigenvalue weighted by molar-refractivity contribution is -0.163. The minimum atomic E-state index is -1.24. The molecule has 1 saturated heterocycles. The number of halogens is 1. The van der Waals surface area contributed by atoms with E-state index in [4.69, 9.17) is 34.6 Å². The zero-order valence-corrected chi connectivity index (χ0v) is 27.4. The zero-order chi connectivity index (χ0) is 33.6. The summed E-state index contributed by atoms with van der Waals surface area (Å²) in [5, 5.41) is 14.0. The van der Waals surface area contributed by atoms with Gasteiger partial charge in [-0.3, -0.25) is 14.2 Å². The number of nitrogens with zero attached hydrogens (tertiary/aromatic N) is 4. The van der Waals surface area contributed by atoms with Gasteiger partial charge in [-0.2, -0.15) is 9.97 Å². The highest BCUT2D eigenvalue weighted by atomic mass is 35.5. The van der Waals surface area contributed by atoms with Gasteiger partial charge in [0.25, 0.3) is 0 Å². The monoisotopic (exact) mass is 657 g/mol. The molecule has 5 rings (SSSR count). The molecule has 0 saturated carbocycles. The Hall–Kier alpha value is -4.27. The predicted octanol–water partition coefficient (Wildman–Crippen LogP) is 4.44. The van der Waals surface area contributed by atoms with Gasteiger partial charge in [0.15, 0.2) is 22.7 Å². The van der Waals surface area contributed by atoms with Gasteiger partial charge in [-0.15, -0.1) is 0 Å². The van der Waals surface area contributed by atoms with Crippen LogP contribution in [0.1, 0.15) is 75.0 Å². The molecule has 4 aromatic rings. The normalized spacial score (nSPS) is 19.8. The molecular formula is C31H36ClN5O9. The number of fused-ring (bicyclic) bond motifs is 1. The van der Waals surface area contributed by atoms with Crippen molar-refractivity contribution in [2.24, 2.45) is 0 Å². The molecule has 3 atom stereocenters. The van der Waals surface area contributed by atoms with Crippen LogP contribution < -0.4 is 15.9 Å². The van der Waals surface area contributed by atoms with Crippen LogP contribution in [0.4, 0.5) is 5.82 Å². The first-order chi connectivity index (χ1) is 21.6. The van der Waals surface area contributed by atoms with E-state index in [0.29, 0.717) is 28.4 Å². The van der Waals surface area contributed by atoms with Crippen molar-refractivity contribution in [2.45, 2.75) is 91.2 Å².